The van der Waals surface area contributed by atoms with Gasteiger partial charge in [-0.1, -0.05) is 20.8 Å². The molecule has 4 N–H and O–H groups in total. The van der Waals surface area contributed by atoms with Gasteiger partial charge in [0.25, 0.3) is 0 Å². The van der Waals surface area contributed by atoms with Crippen molar-refractivity contribution in [1.82, 2.24) is 0 Å². The highest BCUT2D eigenvalue weighted by molar-refractivity contribution is 5.66. The van der Waals surface area contributed by atoms with E-state index in [0.717, 1.165) is 44.9 Å². The van der Waals surface area contributed by atoms with Crippen LogP contribution in [-0.2, 0) is 4.79 Å². The van der Waals surface area contributed by atoms with Crippen LogP contribution in [0.15, 0.2) is 0 Å². The van der Waals surface area contributed by atoms with Gasteiger partial charge >= 0.3 is 5.97 Å². The second-order valence-corrected chi connectivity index (χ2v) is 11.5. The minimum Gasteiger partial charge on any atom is -0.481 e. The molecule has 4 saturated carbocycles. The molecule has 166 valence electrons. The molecule has 0 aromatic rings. The second kappa shape index (κ2) is 7.49. The number of aliphatic hydroxyl groups is 3. The highest BCUT2D eigenvalue weighted by Gasteiger charge is 2.65. The van der Waals surface area contributed by atoms with Crippen LogP contribution in [0, 0.1) is 46.3 Å². The van der Waals surface area contributed by atoms with Crippen molar-refractivity contribution in [3.63, 3.8) is 0 Å². The minimum absolute atomic E-state index is 0.00309. The molecule has 0 aromatic carbocycles. The lowest BCUT2D eigenvalue weighted by Gasteiger charge is -2.63. The van der Waals surface area contributed by atoms with Crippen molar-refractivity contribution in [3.05, 3.63) is 0 Å². The van der Waals surface area contributed by atoms with Crippen molar-refractivity contribution in [2.75, 3.05) is 0 Å². The summed E-state index contributed by atoms with van der Waals surface area (Å²) in [6.07, 6.45) is 5.87. The van der Waals surface area contributed by atoms with Crippen molar-refractivity contribution in [1.29, 1.82) is 0 Å². The molecule has 4 aliphatic rings. The van der Waals surface area contributed by atoms with Gasteiger partial charge in [-0.05, 0) is 97.7 Å². The van der Waals surface area contributed by atoms with Crippen LogP contribution < -0.4 is 0 Å². The fourth-order valence-corrected chi connectivity index (χ4v) is 8.77. The number of aliphatic carboxylic acids is 1. The van der Waals surface area contributed by atoms with Crippen LogP contribution in [0.25, 0.3) is 0 Å². The summed E-state index contributed by atoms with van der Waals surface area (Å²) in [4.78, 5) is 11.1. The first-order valence-electron chi connectivity index (χ1n) is 11.9. The normalized spacial score (nSPS) is 52.9. The van der Waals surface area contributed by atoms with Crippen molar-refractivity contribution >= 4 is 5.97 Å². The first-order valence-corrected chi connectivity index (χ1v) is 11.9. The Bertz CT molecular complexity index is 637. The van der Waals surface area contributed by atoms with Crippen LogP contribution in [0.4, 0.5) is 0 Å². The number of carbonyl (C=O) groups is 1. The summed E-state index contributed by atoms with van der Waals surface area (Å²) in [6.45, 7) is 6.89. The Kier molecular flexibility index (Phi) is 5.57. The largest absolute Gasteiger partial charge is 0.481 e. The summed E-state index contributed by atoms with van der Waals surface area (Å²) >= 11 is 0. The lowest BCUT2D eigenvalue weighted by molar-refractivity contribution is -0.223. The van der Waals surface area contributed by atoms with E-state index in [1.807, 2.05) is 0 Å². The van der Waals surface area contributed by atoms with E-state index >= 15 is 0 Å². The summed E-state index contributed by atoms with van der Waals surface area (Å²) in [5.74, 6) is 1.06. The van der Waals surface area contributed by atoms with E-state index < -0.39 is 18.2 Å². The SMILES string of the molecule is CC(CCC(=O)O)C1CCC2C3C(O)[C@H](O)[C@@H]4C[C@H](O)CC[C@]4(C)C3CC[C@]12C. The van der Waals surface area contributed by atoms with Crippen LogP contribution in [0.2, 0.25) is 0 Å². The van der Waals surface area contributed by atoms with Gasteiger partial charge in [-0.25, -0.2) is 0 Å². The van der Waals surface area contributed by atoms with E-state index in [1.165, 1.54) is 0 Å². The van der Waals surface area contributed by atoms with Crippen LogP contribution in [0.3, 0.4) is 0 Å². The van der Waals surface area contributed by atoms with Crippen molar-refractivity contribution < 1.29 is 25.2 Å². The third-order valence-electron chi connectivity index (χ3n) is 10.3. The standard InChI is InChI=1S/C24H40O5/c1-13(4-7-19(26)27)15-5-6-16-20-17(9-11-23(15,16)2)24(3)10-8-14(25)12-18(24)21(28)22(20)29/h13-18,20-22,25,28-29H,4-12H2,1-3H3,(H,26,27)/t13?,14-,15?,16?,17?,18+,20?,21-,22?,23-,24-/m1/s1. The Morgan fingerprint density at radius 3 is 2.28 bits per heavy atom. The van der Waals surface area contributed by atoms with Gasteiger partial charge in [0.15, 0.2) is 0 Å². The van der Waals surface area contributed by atoms with E-state index in [4.69, 9.17) is 5.11 Å². The summed E-state index contributed by atoms with van der Waals surface area (Å²) in [5, 5.41) is 41.7. The number of aliphatic hydroxyl groups excluding tert-OH is 3. The topological polar surface area (TPSA) is 98.0 Å². The number of carboxylic acids is 1. The van der Waals surface area contributed by atoms with Gasteiger partial charge in [-0.2, -0.15) is 0 Å². The molecule has 11 atom stereocenters. The van der Waals surface area contributed by atoms with E-state index in [9.17, 15) is 20.1 Å². The Morgan fingerprint density at radius 2 is 1.59 bits per heavy atom. The van der Waals surface area contributed by atoms with Crippen molar-refractivity contribution in [3.8, 4) is 0 Å². The molecule has 0 aliphatic heterocycles. The van der Waals surface area contributed by atoms with E-state index in [1.54, 1.807) is 0 Å². The van der Waals surface area contributed by atoms with Crippen LogP contribution in [0.1, 0.15) is 78.6 Å². The number of hydrogen-bond donors (Lipinski definition) is 4. The van der Waals surface area contributed by atoms with E-state index in [2.05, 4.69) is 20.8 Å². The van der Waals surface area contributed by atoms with Crippen molar-refractivity contribution in [2.24, 2.45) is 46.3 Å². The smallest absolute Gasteiger partial charge is 0.303 e. The molecule has 4 rings (SSSR count). The van der Waals surface area contributed by atoms with Gasteiger partial charge in [0, 0.05) is 6.42 Å². The van der Waals surface area contributed by atoms with Crippen molar-refractivity contribution in [2.45, 2.75) is 96.9 Å². The Hall–Kier alpha value is -0.650. The van der Waals surface area contributed by atoms with Gasteiger partial charge in [0.1, 0.15) is 0 Å². The molecule has 0 radical (unpaired) electrons. The summed E-state index contributed by atoms with van der Waals surface area (Å²) < 4.78 is 0. The molecule has 4 fully saturated rings. The van der Waals surface area contributed by atoms with Crippen LogP contribution >= 0.6 is 0 Å². The zero-order valence-corrected chi connectivity index (χ0v) is 18.3. The molecule has 0 amide bonds. The zero-order valence-electron chi connectivity index (χ0n) is 18.3. The predicted molar refractivity (Wildman–Crippen MR) is 110 cm³/mol. The fraction of sp³-hybridized carbons (Fsp3) is 0.958. The van der Waals surface area contributed by atoms with Crippen LogP contribution in [0.5, 0.6) is 0 Å². The van der Waals surface area contributed by atoms with E-state index in [-0.39, 0.29) is 35.2 Å². The zero-order chi connectivity index (χ0) is 21.1. The molecule has 6 unspecified atom stereocenters. The highest BCUT2D eigenvalue weighted by Crippen LogP contribution is 2.68. The average Bonchev–Trinajstić information content (AvgIpc) is 3.02. The molecule has 29 heavy (non-hydrogen) atoms. The van der Waals surface area contributed by atoms with E-state index in [0.29, 0.717) is 30.1 Å². The second-order valence-electron chi connectivity index (χ2n) is 11.5. The Balaban J connectivity index is 1.59. The number of carboxylic acid groups (broad SMARTS) is 1. The first-order chi connectivity index (χ1) is 13.6. The number of fused-ring (bicyclic) bond motifs is 5. The van der Waals surface area contributed by atoms with Gasteiger partial charge in [0.2, 0.25) is 0 Å². The Morgan fingerprint density at radius 1 is 0.931 bits per heavy atom. The van der Waals surface area contributed by atoms with Gasteiger partial charge in [-0.3, -0.25) is 4.79 Å². The monoisotopic (exact) mass is 408 g/mol. The first kappa shape index (κ1) is 21.6. The molecule has 4 aliphatic carbocycles. The number of hydrogen-bond acceptors (Lipinski definition) is 4. The summed E-state index contributed by atoms with van der Waals surface area (Å²) in [7, 11) is 0. The average molecular weight is 409 g/mol. The molecule has 5 heteroatoms. The minimum atomic E-state index is -0.748. The summed E-state index contributed by atoms with van der Waals surface area (Å²) in [6, 6.07) is 0. The maximum Gasteiger partial charge on any atom is 0.303 e. The molecule has 0 saturated heterocycles. The third-order valence-corrected chi connectivity index (χ3v) is 10.3. The van der Waals surface area contributed by atoms with Gasteiger partial charge < -0.3 is 20.4 Å². The van der Waals surface area contributed by atoms with Crippen LogP contribution in [-0.4, -0.2) is 44.7 Å². The number of rotatable bonds is 4. The maximum absolute atomic E-state index is 11.3. The molecule has 0 aromatic heterocycles. The highest BCUT2D eigenvalue weighted by atomic mass is 16.4. The molecular formula is C24H40O5. The Labute approximate surface area is 174 Å². The van der Waals surface area contributed by atoms with Gasteiger partial charge in [-0.15, -0.1) is 0 Å². The lowest BCUT2D eigenvalue weighted by atomic mass is 9.43. The molecular weight excluding hydrogens is 368 g/mol. The third kappa shape index (κ3) is 3.27. The predicted octanol–water partition coefficient (Wildman–Crippen LogP) is 3.45. The molecule has 0 spiro atoms. The molecule has 0 heterocycles. The molecule has 0 bridgehead atoms. The van der Waals surface area contributed by atoms with Gasteiger partial charge in [0.05, 0.1) is 18.3 Å². The quantitative estimate of drug-likeness (QED) is 0.571. The fourth-order valence-electron chi connectivity index (χ4n) is 8.77. The maximum atomic E-state index is 11.3. The molecule has 5 nitrogen and oxygen atoms in total. The lowest BCUT2D eigenvalue weighted by Crippen LogP contribution is -2.64. The summed E-state index contributed by atoms with van der Waals surface area (Å²) in [5.41, 5.74) is 0.119.